The van der Waals surface area contributed by atoms with E-state index >= 15 is 0 Å². The molecule has 0 aliphatic carbocycles. The Labute approximate surface area is 146 Å². The second-order valence-corrected chi connectivity index (χ2v) is 6.83. The number of aliphatic hydroxyl groups is 1. The molecule has 4 heterocycles. The van der Waals surface area contributed by atoms with E-state index in [1.165, 1.54) is 0 Å². The molecule has 0 amide bonds. The van der Waals surface area contributed by atoms with Crippen LogP contribution in [0.1, 0.15) is 30.4 Å². The van der Waals surface area contributed by atoms with E-state index in [0.29, 0.717) is 26.1 Å². The zero-order chi connectivity index (χ0) is 16.6. The third-order valence-corrected chi connectivity index (χ3v) is 5.34. The van der Waals surface area contributed by atoms with E-state index in [9.17, 15) is 5.11 Å². The maximum absolute atomic E-state index is 10.9. The average Bonchev–Trinajstić information content (AvgIpc) is 2.63. The van der Waals surface area contributed by atoms with Crippen LogP contribution in [0.15, 0.2) is 24.7 Å². The fraction of sp³-hybridized carbons (Fsp3) is 0.444. The number of nitrogens with one attached hydrogen (secondary N) is 1. The molecule has 24 heavy (non-hydrogen) atoms. The fourth-order valence-electron chi connectivity index (χ4n) is 3.42. The smallest absolute Gasteiger partial charge is 0.130 e. The molecule has 4 rings (SSSR count). The molecule has 0 saturated carbocycles. The van der Waals surface area contributed by atoms with Crippen LogP contribution >= 0.6 is 11.6 Å². The number of aromatic nitrogens is 2. The Morgan fingerprint density at radius 3 is 2.88 bits per heavy atom. The summed E-state index contributed by atoms with van der Waals surface area (Å²) in [7, 11) is 0. The standard InChI is InChI=1S/C18H20ClN3O2/c19-16-14-2-1-5-21-17(14)22-11-15(16)12-8-13(10-20-9-12)18(23)3-6-24-7-4-18/h8-11,23H,1-7H2,(H,21,22). The Morgan fingerprint density at radius 1 is 1.21 bits per heavy atom. The summed E-state index contributed by atoms with van der Waals surface area (Å²) in [6, 6.07) is 1.98. The van der Waals surface area contributed by atoms with Crippen LogP contribution in [0.5, 0.6) is 0 Å². The van der Waals surface area contributed by atoms with E-state index in [1.54, 1.807) is 18.6 Å². The quantitative estimate of drug-likeness (QED) is 0.875. The van der Waals surface area contributed by atoms with Crippen molar-refractivity contribution in [3.05, 3.63) is 40.8 Å². The third kappa shape index (κ3) is 2.77. The first-order valence-corrected chi connectivity index (χ1v) is 8.72. The Balaban J connectivity index is 1.74. The number of fused-ring (bicyclic) bond motifs is 1. The summed E-state index contributed by atoms with van der Waals surface area (Å²) in [5.74, 6) is 0.877. The van der Waals surface area contributed by atoms with E-state index in [2.05, 4.69) is 15.3 Å². The summed E-state index contributed by atoms with van der Waals surface area (Å²) in [6.07, 6.45) is 8.44. The molecule has 0 spiro atoms. The predicted octanol–water partition coefficient (Wildman–Crippen LogP) is 3.15. The summed E-state index contributed by atoms with van der Waals surface area (Å²) in [4.78, 5) is 8.84. The van der Waals surface area contributed by atoms with Gasteiger partial charge in [-0.1, -0.05) is 11.6 Å². The molecule has 2 aliphatic heterocycles. The molecular weight excluding hydrogens is 326 g/mol. The number of hydrogen-bond donors (Lipinski definition) is 2. The maximum Gasteiger partial charge on any atom is 0.130 e. The van der Waals surface area contributed by atoms with Gasteiger partial charge in [0.2, 0.25) is 0 Å². The van der Waals surface area contributed by atoms with Gasteiger partial charge in [-0.25, -0.2) is 4.98 Å². The minimum Gasteiger partial charge on any atom is -0.385 e. The Hall–Kier alpha value is -1.69. The van der Waals surface area contributed by atoms with Gasteiger partial charge in [-0.05, 0) is 18.9 Å². The van der Waals surface area contributed by atoms with Gasteiger partial charge in [0.25, 0.3) is 0 Å². The van der Waals surface area contributed by atoms with Crippen molar-refractivity contribution in [3.8, 4) is 11.1 Å². The van der Waals surface area contributed by atoms with Gasteiger partial charge in [0.15, 0.2) is 0 Å². The molecule has 1 fully saturated rings. The van der Waals surface area contributed by atoms with Crippen LogP contribution in [0.4, 0.5) is 5.82 Å². The lowest BCUT2D eigenvalue weighted by Gasteiger charge is -2.32. The van der Waals surface area contributed by atoms with Crippen molar-refractivity contribution in [1.82, 2.24) is 9.97 Å². The number of nitrogens with zero attached hydrogens (tertiary/aromatic N) is 2. The SMILES string of the molecule is OC1(c2cncc(-c3cnc4c(c3Cl)CCCN4)c2)CCOCC1. The molecule has 1 saturated heterocycles. The van der Waals surface area contributed by atoms with Crippen molar-refractivity contribution < 1.29 is 9.84 Å². The predicted molar refractivity (Wildman–Crippen MR) is 93.2 cm³/mol. The summed E-state index contributed by atoms with van der Waals surface area (Å²) in [5, 5.41) is 14.9. The van der Waals surface area contributed by atoms with E-state index < -0.39 is 5.60 Å². The van der Waals surface area contributed by atoms with Gasteiger partial charge >= 0.3 is 0 Å². The van der Waals surface area contributed by atoms with Crippen LogP contribution in [0, 0.1) is 0 Å². The van der Waals surface area contributed by atoms with Gasteiger partial charge in [0, 0.05) is 73.4 Å². The molecule has 0 unspecified atom stereocenters. The zero-order valence-electron chi connectivity index (χ0n) is 13.4. The highest BCUT2D eigenvalue weighted by Gasteiger charge is 2.32. The molecule has 2 N–H and O–H groups in total. The summed E-state index contributed by atoms with van der Waals surface area (Å²) in [6.45, 7) is 2.06. The van der Waals surface area contributed by atoms with Crippen LogP contribution in [0.3, 0.4) is 0 Å². The fourth-order valence-corrected chi connectivity index (χ4v) is 3.77. The maximum atomic E-state index is 10.9. The summed E-state index contributed by atoms with van der Waals surface area (Å²) in [5.41, 5.74) is 2.75. The lowest BCUT2D eigenvalue weighted by atomic mass is 9.86. The van der Waals surface area contributed by atoms with E-state index in [1.807, 2.05) is 6.07 Å². The number of pyridine rings is 2. The van der Waals surface area contributed by atoms with Crippen LogP contribution in [-0.2, 0) is 16.8 Å². The van der Waals surface area contributed by atoms with Crippen LogP contribution in [-0.4, -0.2) is 34.8 Å². The van der Waals surface area contributed by atoms with Crippen LogP contribution < -0.4 is 5.32 Å². The molecule has 2 aromatic heterocycles. The third-order valence-electron chi connectivity index (χ3n) is 4.91. The van der Waals surface area contributed by atoms with Gasteiger partial charge < -0.3 is 15.2 Å². The first-order chi connectivity index (χ1) is 11.7. The highest BCUT2D eigenvalue weighted by molar-refractivity contribution is 6.34. The van der Waals surface area contributed by atoms with Crippen molar-refractivity contribution in [1.29, 1.82) is 0 Å². The van der Waals surface area contributed by atoms with Crippen molar-refractivity contribution in [2.75, 3.05) is 25.1 Å². The Morgan fingerprint density at radius 2 is 2.04 bits per heavy atom. The molecule has 2 aliphatic rings. The highest BCUT2D eigenvalue weighted by atomic mass is 35.5. The molecule has 6 heteroatoms. The molecule has 0 bridgehead atoms. The van der Waals surface area contributed by atoms with Crippen LogP contribution in [0.2, 0.25) is 5.02 Å². The van der Waals surface area contributed by atoms with E-state index in [4.69, 9.17) is 16.3 Å². The van der Waals surface area contributed by atoms with Crippen LogP contribution in [0.25, 0.3) is 11.1 Å². The molecule has 0 aromatic carbocycles. The van der Waals surface area contributed by atoms with Gasteiger partial charge in [0.1, 0.15) is 5.82 Å². The normalized spacial score (nSPS) is 19.4. The molecule has 2 aromatic rings. The van der Waals surface area contributed by atoms with Crippen molar-refractivity contribution in [3.63, 3.8) is 0 Å². The van der Waals surface area contributed by atoms with Crippen molar-refractivity contribution >= 4 is 17.4 Å². The first-order valence-electron chi connectivity index (χ1n) is 8.35. The van der Waals surface area contributed by atoms with E-state index in [0.717, 1.165) is 52.5 Å². The van der Waals surface area contributed by atoms with Crippen molar-refractivity contribution in [2.45, 2.75) is 31.3 Å². The zero-order valence-corrected chi connectivity index (χ0v) is 14.1. The molecule has 0 atom stereocenters. The monoisotopic (exact) mass is 345 g/mol. The largest absolute Gasteiger partial charge is 0.385 e. The number of rotatable bonds is 2. The molecule has 5 nitrogen and oxygen atoms in total. The lowest BCUT2D eigenvalue weighted by molar-refractivity contribution is -0.0680. The molecule has 0 radical (unpaired) electrons. The highest BCUT2D eigenvalue weighted by Crippen LogP contribution is 2.38. The second kappa shape index (κ2) is 6.31. The number of anilines is 1. The number of ether oxygens (including phenoxy) is 1. The number of hydrogen-bond acceptors (Lipinski definition) is 5. The number of halogens is 1. The van der Waals surface area contributed by atoms with Gasteiger partial charge in [0.05, 0.1) is 10.6 Å². The van der Waals surface area contributed by atoms with Gasteiger partial charge in [-0.15, -0.1) is 0 Å². The minimum absolute atomic E-state index is 0.563. The van der Waals surface area contributed by atoms with Gasteiger partial charge in [-0.2, -0.15) is 0 Å². The minimum atomic E-state index is -0.878. The van der Waals surface area contributed by atoms with E-state index in [-0.39, 0.29) is 0 Å². The summed E-state index contributed by atoms with van der Waals surface area (Å²) >= 11 is 6.64. The Bertz CT molecular complexity index is 760. The summed E-state index contributed by atoms with van der Waals surface area (Å²) < 4.78 is 5.36. The molecular formula is C18H20ClN3O2. The van der Waals surface area contributed by atoms with Crippen molar-refractivity contribution in [2.24, 2.45) is 0 Å². The lowest BCUT2D eigenvalue weighted by Crippen LogP contribution is -2.33. The average molecular weight is 346 g/mol. The van der Waals surface area contributed by atoms with Gasteiger partial charge in [-0.3, -0.25) is 4.98 Å². The second-order valence-electron chi connectivity index (χ2n) is 6.45. The topological polar surface area (TPSA) is 67.3 Å². The molecule has 126 valence electrons. The first kappa shape index (κ1) is 15.8. The Kier molecular flexibility index (Phi) is 4.16.